The molecule has 2 heteroatoms. The molecular weight excluding hydrogens is 241 g/mol. The summed E-state index contributed by atoms with van der Waals surface area (Å²) in [5.74, 6) is 0.440. The van der Waals surface area contributed by atoms with Crippen LogP contribution in [-0.4, -0.2) is 13.3 Å². The van der Waals surface area contributed by atoms with Crippen LogP contribution >= 0.6 is 0 Å². The predicted molar refractivity (Wildman–Crippen MR) is 86.2 cm³/mol. The molecule has 1 nitrogen and oxygen atoms in total. The molecule has 1 heterocycles. The van der Waals surface area contributed by atoms with Crippen LogP contribution in [0, 0.1) is 0 Å². The van der Waals surface area contributed by atoms with E-state index in [0.717, 1.165) is 0 Å². The van der Waals surface area contributed by atoms with E-state index in [1.807, 2.05) is 0 Å². The van der Waals surface area contributed by atoms with E-state index in [-0.39, 0.29) is 0 Å². The largest absolute Gasteiger partial charge is 0.335 e. The van der Waals surface area contributed by atoms with Crippen LogP contribution in [0.1, 0.15) is 0 Å². The van der Waals surface area contributed by atoms with Crippen LogP contribution in [-0.2, 0) is 0 Å². The van der Waals surface area contributed by atoms with Gasteiger partial charge in [-0.2, -0.15) is 0 Å². The zero-order valence-corrected chi connectivity index (χ0v) is 11.2. The standard InChI is InChI=1S/C18H15BN/c1-2-8-14(9-3-1)20-17-12-6-4-10-15(17)19-16-11-5-7-13-18(16)20/h1-13,15,17H. The van der Waals surface area contributed by atoms with Crippen LogP contribution in [0.15, 0.2) is 78.9 Å². The van der Waals surface area contributed by atoms with Gasteiger partial charge >= 0.3 is 0 Å². The summed E-state index contributed by atoms with van der Waals surface area (Å²) in [6.07, 6.45) is 8.88. The molecule has 0 aromatic heterocycles. The van der Waals surface area contributed by atoms with Crippen molar-refractivity contribution in [3.05, 3.63) is 78.9 Å². The lowest BCUT2D eigenvalue weighted by molar-refractivity contribution is 0.771. The fraction of sp³-hybridized carbons (Fsp3) is 0.111. The van der Waals surface area contributed by atoms with Gasteiger partial charge in [0.25, 0.3) is 0 Å². The smallest absolute Gasteiger partial charge is 0.165 e. The van der Waals surface area contributed by atoms with Crippen LogP contribution in [0.4, 0.5) is 11.4 Å². The number of anilines is 2. The van der Waals surface area contributed by atoms with Gasteiger partial charge in [0.2, 0.25) is 0 Å². The first-order chi connectivity index (χ1) is 9.93. The number of benzene rings is 2. The number of rotatable bonds is 1. The van der Waals surface area contributed by atoms with Crippen molar-refractivity contribution >= 4 is 24.1 Å². The van der Waals surface area contributed by atoms with E-state index in [1.54, 1.807) is 0 Å². The van der Waals surface area contributed by atoms with Gasteiger partial charge in [-0.3, -0.25) is 0 Å². The maximum absolute atomic E-state index is 2.44. The first-order valence-corrected chi connectivity index (χ1v) is 7.07. The highest BCUT2D eigenvalue weighted by Crippen LogP contribution is 2.37. The molecule has 2 unspecified atom stereocenters. The number of hydrogen-bond acceptors (Lipinski definition) is 1. The third kappa shape index (κ3) is 1.80. The quantitative estimate of drug-likeness (QED) is 0.706. The van der Waals surface area contributed by atoms with Gasteiger partial charge in [0.1, 0.15) is 0 Å². The summed E-state index contributed by atoms with van der Waals surface area (Å²) >= 11 is 0. The summed E-state index contributed by atoms with van der Waals surface area (Å²) in [6, 6.07) is 19.7. The molecule has 0 N–H and O–H groups in total. The number of para-hydroxylation sites is 2. The van der Waals surface area contributed by atoms with E-state index < -0.39 is 0 Å². The molecule has 0 amide bonds. The minimum atomic E-state index is 0.372. The van der Waals surface area contributed by atoms with Crippen molar-refractivity contribution < 1.29 is 0 Å². The molecule has 2 aliphatic rings. The second kappa shape index (κ2) is 4.71. The van der Waals surface area contributed by atoms with E-state index in [2.05, 4.69) is 91.1 Å². The van der Waals surface area contributed by atoms with E-state index >= 15 is 0 Å². The average Bonchev–Trinajstić information content (AvgIpc) is 2.53. The molecule has 1 radical (unpaired) electrons. The normalized spacial score (nSPS) is 22.9. The summed E-state index contributed by atoms with van der Waals surface area (Å²) in [5.41, 5.74) is 3.86. The Kier molecular flexibility index (Phi) is 2.73. The second-order valence-corrected chi connectivity index (χ2v) is 5.27. The summed E-state index contributed by atoms with van der Waals surface area (Å²) in [5, 5.41) is 0. The molecule has 95 valence electrons. The van der Waals surface area contributed by atoms with Crippen molar-refractivity contribution in [2.75, 3.05) is 4.90 Å². The van der Waals surface area contributed by atoms with Crippen LogP contribution in [0.2, 0.25) is 5.82 Å². The fourth-order valence-electron chi connectivity index (χ4n) is 3.14. The van der Waals surface area contributed by atoms with Crippen molar-refractivity contribution in [2.24, 2.45) is 0 Å². The molecule has 1 aliphatic carbocycles. The SMILES string of the molecule is [B]1c2ccccc2N(c2ccccc2)C2C=CC=CC12. The molecule has 2 aromatic rings. The number of allylic oxidation sites excluding steroid dienone is 2. The molecule has 2 atom stereocenters. The zero-order chi connectivity index (χ0) is 13.4. The van der Waals surface area contributed by atoms with Crippen molar-refractivity contribution in [2.45, 2.75) is 11.9 Å². The molecule has 0 bridgehead atoms. The van der Waals surface area contributed by atoms with Gasteiger partial charge in [-0.05, 0) is 24.0 Å². The minimum Gasteiger partial charge on any atom is -0.335 e. The minimum absolute atomic E-state index is 0.372. The molecule has 4 rings (SSSR count). The first-order valence-electron chi connectivity index (χ1n) is 7.07. The third-order valence-corrected chi connectivity index (χ3v) is 4.05. The summed E-state index contributed by atoms with van der Waals surface area (Å²) in [7, 11) is 2.37. The summed E-state index contributed by atoms with van der Waals surface area (Å²) in [4.78, 5) is 2.44. The van der Waals surface area contributed by atoms with Gasteiger partial charge in [0.15, 0.2) is 7.28 Å². The zero-order valence-electron chi connectivity index (χ0n) is 11.2. The average molecular weight is 256 g/mol. The fourth-order valence-corrected chi connectivity index (χ4v) is 3.14. The van der Waals surface area contributed by atoms with Crippen molar-refractivity contribution in [3.8, 4) is 0 Å². The number of fused-ring (bicyclic) bond motifs is 2. The Labute approximate surface area is 120 Å². The van der Waals surface area contributed by atoms with Gasteiger partial charge in [0, 0.05) is 11.4 Å². The van der Waals surface area contributed by atoms with Crippen molar-refractivity contribution in [3.63, 3.8) is 0 Å². The molecule has 1 aliphatic heterocycles. The monoisotopic (exact) mass is 256 g/mol. The predicted octanol–water partition coefficient (Wildman–Crippen LogP) is 3.45. The Balaban J connectivity index is 1.89. The second-order valence-electron chi connectivity index (χ2n) is 5.27. The van der Waals surface area contributed by atoms with Crippen LogP contribution in [0.3, 0.4) is 0 Å². The maximum atomic E-state index is 2.44. The Morgan fingerprint density at radius 1 is 0.800 bits per heavy atom. The Hall–Kier alpha value is -2.22. The lowest BCUT2D eigenvalue weighted by Crippen LogP contribution is -2.46. The summed E-state index contributed by atoms with van der Waals surface area (Å²) in [6.45, 7) is 0. The van der Waals surface area contributed by atoms with Gasteiger partial charge in [-0.1, -0.05) is 66.2 Å². The van der Waals surface area contributed by atoms with Crippen LogP contribution < -0.4 is 10.4 Å². The van der Waals surface area contributed by atoms with E-state index in [1.165, 1.54) is 16.8 Å². The molecule has 2 aromatic carbocycles. The highest BCUT2D eigenvalue weighted by molar-refractivity contribution is 6.59. The van der Waals surface area contributed by atoms with E-state index in [0.29, 0.717) is 11.9 Å². The maximum Gasteiger partial charge on any atom is 0.165 e. The third-order valence-electron chi connectivity index (χ3n) is 4.05. The van der Waals surface area contributed by atoms with Crippen LogP contribution in [0.5, 0.6) is 0 Å². The molecular formula is C18H15BN. The lowest BCUT2D eigenvalue weighted by Gasteiger charge is -2.42. The first kappa shape index (κ1) is 11.6. The highest BCUT2D eigenvalue weighted by Gasteiger charge is 2.33. The number of nitrogens with zero attached hydrogens (tertiary/aromatic N) is 1. The summed E-state index contributed by atoms with van der Waals surface area (Å²) < 4.78 is 0. The molecule has 20 heavy (non-hydrogen) atoms. The van der Waals surface area contributed by atoms with Gasteiger partial charge in [-0.15, -0.1) is 0 Å². The molecule has 0 saturated heterocycles. The molecule has 0 saturated carbocycles. The number of hydrogen-bond donors (Lipinski definition) is 0. The van der Waals surface area contributed by atoms with Crippen LogP contribution in [0.25, 0.3) is 0 Å². The van der Waals surface area contributed by atoms with Crippen molar-refractivity contribution in [1.82, 2.24) is 0 Å². The Morgan fingerprint density at radius 3 is 2.45 bits per heavy atom. The van der Waals surface area contributed by atoms with Gasteiger partial charge in [0.05, 0.1) is 6.04 Å². The van der Waals surface area contributed by atoms with E-state index in [4.69, 9.17) is 0 Å². The molecule has 0 fully saturated rings. The Morgan fingerprint density at radius 2 is 1.55 bits per heavy atom. The van der Waals surface area contributed by atoms with E-state index in [9.17, 15) is 0 Å². The molecule has 0 spiro atoms. The van der Waals surface area contributed by atoms with Gasteiger partial charge < -0.3 is 4.90 Å². The highest BCUT2D eigenvalue weighted by atomic mass is 15.2. The Bertz CT molecular complexity index is 675. The van der Waals surface area contributed by atoms with Crippen molar-refractivity contribution in [1.29, 1.82) is 0 Å². The van der Waals surface area contributed by atoms with Gasteiger partial charge in [-0.25, -0.2) is 0 Å². The lowest BCUT2D eigenvalue weighted by atomic mass is 9.52. The topological polar surface area (TPSA) is 3.24 Å².